The highest BCUT2D eigenvalue weighted by atomic mass is 19.1. The number of benzene rings is 2. The summed E-state index contributed by atoms with van der Waals surface area (Å²) in [7, 11) is 1.61. The molecule has 144 valence electrons. The van der Waals surface area contributed by atoms with Crippen molar-refractivity contribution in [3.05, 3.63) is 53.8 Å². The van der Waals surface area contributed by atoms with Gasteiger partial charge in [-0.15, -0.1) is 0 Å². The summed E-state index contributed by atoms with van der Waals surface area (Å²) in [6.07, 6.45) is 2.04. The van der Waals surface area contributed by atoms with Crippen LogP contribution in [0.25, 0.3) is 11.1 Å². The van der Waals surface area contributed by atoms with Crippen molar-refractivity contribution in [2.75, 3.05) is 33.4 Å². The second-order valence-electron chi connectivity index (χ2n) is 6.62. The number of nitrogens with zero attached hydrogens (tertiary/aromatic N) is 1. The van der Waals surface area contributed by atoms with E-state index in [1.807, 2.05) is 0 Å². The van der Waals surface area contributed by atoms with Crippen molar-refractivity contribution in [3.63, 3.8) is 0 Å². The zero-order valence-corrected chi connectivity index (χ0v) is 15.4. The second-order valence-corrected chi connectivity index (χ2v) is 6.62. The van der Waals surface area contributed by atoms with E-state index in [1.165, 1.54) is 12.1 Å². The molecule has 2 aromatic rings. The minimum Gasteiger partial charge on any atom is -0.508 e. The summed E-state index contributed by atoms with van der Waals surface area (Å²) in [4.78, 5) is 14.7. The van der Waals surface area contributed by atoms with E-state index in [9.17, 15) is 14.3 Å². The highest BCUT2D eigenvalue weighted by molar-refractivity contribution is 5.94. The van der Waals surface area contributed by atoms with E-state index in [2.05, 4.69) is 0 Å². The summed E-state index contributed by atoms with van der Waals surface area (Å²) in [6, 6.07) is 10.8. The number of methoxy groups -OCH3 is 1. The van der Waals surface area contributed by atoms with Crippen molar-refractivity contribution in [1.29, 1.82) is 0 Å². The maximum atomic E-state index is 14.0. The van der Waals surface area contributed by atoms with Crippen LogP contribution in [0.5, 0.6) is 5.75 Å². The first-order valence-corrected chi connectivity index (χ1v) is 9.07. The zero-order chi connectivity index (χ0) is 19.2. The fraction of sp³-hybridized carbons (Fsp3) is 0.381. The first-order valence-electron chi connectivity index (χ1n) is 9.07. The largest absolute Gasteiger partial charge is 0.508 e. The van der Waals surface area contributed by atoms with Crippen molar-refractivity contribution < 1.29 is 23.8 Å². The van der Waals surface area contributed by atoms with Crippen molar-refractivity contribution in [3.8, 4) is 16.9 Å². The number of phenols is 1. The van der Waals surface area contributed by atoms with Crippen LogP contribution >= 0.6 is 0 Å². The fourth-order valence-corrected chi connectivity index (χ4v) is 3.22. The minimum atomic E-state index is -0.505. The van der Waals surface area contributed by atoms with Gasteiger partial charge in [0.05, 0.1) is 12.7 Å². The second kappa shape index (κ2) is 8.97. The molecular weight excluding hydrogens is 349 g/mol. The molecule has 0 bridgehead atoms. The average molecular weight is 373 g/mol. The third kappa shape index (κ3) is 4.84. The summed E-state index contributed by atoms with van der Waals surface area (Å²) in [5, 5.41) is 9.34. The lowest BCUT2D eigenvalue weighted by Crippen LogP contribution is -2.39. The lowest BCUT2D eigenvalue weighted by atomic mass is 10.0. The number of carbonyl (C=O) groups is 1. The van der Waals surface area contributed by atoms with E-state index < -0.39 is 5.82 Å². The van der Waals surface area contributed by atoms with Crippen LogP contribution in [0.15, 0.2) is 42.5 Å². The lowest BCUT2D eigenvalue weighted by Gasteiger charge is -2.25. The van der Waals surface area contributed by atoms with E-state index in [-0.39, 0.29) is 17.8 Å². The SMILES string of the molecule is COCCN(C[C@@H]1CCCO1)C(=O)c1ccc(-c2ccc(O)cc2F)cc1. The van der Waals surface area contributed by atoms with Gasteiger partial charge in [0.2, 0.25) is 0 Å². The Morgan fingerprint density at radius 3 is 2.70 bits per heavy atom. The molecule has 1 fully saturated rings. The first-order chi connectivity index (χ1) is 13.1. The Kier molecular flexibility index (Phi) is 6.42. The van der Waals surface area contributed by atoms with E-state index in [1.54, 1.807) is 36.3 Å². The Hall–Kier alpha value is -2.44. The number of hydrogen-bond donors (Lipinski definition) is 1. The molecule has 2 aromatic carbocycles. The molecule has 0 aromatic heterocycles. The Bertz CT molecular complexity index is 772. The molecule has 0 radical (unpaired) electrons. The summed E-state index contributed by atoms with van der Waals surface area (Å²) in [6.45, 7) is 2.22. The van der Waals surface area contributed by atoms with Gasteiger partial charge < -0.3 is 19.5 Å². The van der Waals surface area contributed by atoms with Crippen LogP contribution in [0.2, 0.25) is 0 Å². The smallest absolute Gasteiger partial charge is 0.254 e. The number of aromatic hydroxyl groups is 1. The fourth-order valence-electron chi connectivity index (χ4n) is 3.22. The van der Waals surface area contributed by atoms with Crippen LogP contribution in [-0.4, -0.2) is 55.4 Å². The normalized spacial score (nSPS) is 16.4. The number of phenolic OH excluding ortho intramolecular Hbond substituents is 1. The van der Waals surface area contributed by atoms with Crippen LogP contribution in [0.1, 0.15) is 23.2 Å². The molecule has 27 heavy (non-hydrogen) atoms. The third-order valence-electron chi connectivity index (χ3n) is 4.70. The molecule has 1 heterocycles. The molecule has 0 aliphatic carbocycles. The molecule has 3 rings (SSSR count). The summed E-state index contributed by atoms with van der Waals surface area (Å²) in [5.41, 5.74) is 1.56. The molecule has 1 atom stereocenters. The van der Waals surface area contributed by atoms with Gasteiger partial charge in [-0.3, -0.25) is 4.79 Å². The Morgan fingerprint density at radius 1 is 1.30 bits per heavy atom. The summed E-state index contributed by atoms with van der Waals surface area (Å²) >= 11 is 0. The molecule has 0 unspecified atom stereocenters. The van der Waals surface area contributed by atoms with E-state index in [4.69, 9.17) is 9.47 Å². The predicted molar refractivity (Wildman–Crippen MR) is 100 cm³/mol. The van der Waals surface area contributed by atoms with Crippen molar-refractivity contribution in [1.82, 2.24) is 4.90 Å². The molecule has 6 heteroatoms. The van der Waals surface area contributed by atoms with E-state index >= 15 is 0 Å². The molecule has 1 saturated heterocycles. The van der Waals surface area contributed by atoms with Gasteiger partial charge in [-0.05, 0) is 42.7 Å². The average Bonchev–Trinajstić information content (AvgIpc) is 3.18. The monoisotopic (exact) mass is 373 g/mol. The van der Waals surface area contributed by atoms with Gasteiger partial charge in [0.1, 0.15) is 11.6 Å². The molecule has 0 spiro atoms. The van der Waals surface area contributed by atoms with Gasteiger partial charge in [0, 0.05) is 44.0 Å². The highest BCUT2D eigenvalue weighted by Crippen LogP contribution is 2.26. The van der Waals surface area contributed by atoms with E-state index in [0.717, 1.165) is 25.5 Å². The predicted octanol–water partition coefficient (Wildman–Crippen LogP) is 3.47. The van der Waals surface area contributed by atoms with Crippen LogP contribution in [0, 0.1) is 5.82 Å². The van der Waals surface area contributed by atoms with Crippen LogP contribution in [0.3, 0.4) is 0 Å². The Labute approximate surface area is 158 Å². The molecule has 5 nitrogen and oxygen atoms in total. The standard InChI is InChI=1S/C21H24FNO4/c1-26-12-10-23(14-18-3-2-11-27-18)21(25)16-6-4-15(5-7-16)19-9-8-17(24)13-20(19)22/h4-9,13,18,24H,2-3,10-12,14H2,1H3/t18-/m0/s1. The van der Waals surface area contributed by atoms with Gasteiger partial charge in [-0.2, -0.15) is 0 Å². The van der Waals surface area contributed by atoms with Gasteiger partial charge >= 0.3 is 0 Å². The lowest BCUT2D eigenvalue weighted by molar-refractivity contribution is 0.0456. The maximum Gasteiger partial charge on any atom is 0.254 e. The number of hydrogen-bond acceptors (Lipinski definition) is 4. The molecule has 1 aliphatic heterocycles. The number of halogens is 1. The van der Waals surface area contributed by atoms with Crippen molar-refractivity contribution in [2.45, 2.75) is 18.9 Å². The van der Waals surface area contributed by atoms with Crippen LogP contribution in [-0.2, 0) is 9.47 Å². The number of rotatable bonds is 7. The quantitative estimate of drug-likeness (QED) is 0.807. The summed E-state index contributed by atoms with van der Waals surface area (Å²) < 4.78 is 24.8. The summed E-state index contributed by atoms with van der Waals surface area (Å²) in [5.74, 6) is -0.722. The molecule has 1 amide bonds. The van der Waals surface area contributed by atoms with Crippen molar-refractivity contribution >= 4 is 5.91 Å². The van der Waals surface area contributed by atoms with Gasteiger partial charge in [0.25, 0.3) is 5.91 Å². The highest BCUT2D eigenvalue weighted by Gasteiger charge is 2.23. The number of ether oxygens (including phenoxy) is 2. The van der Waals surface area contributed by atoms with Crippen LogP contribution < -0.4 is 0 Å². The maximum absolute atomic E-state index is 14.0. The van der Waals surface area contributed by atoms with Gasteiger partial charge in [-0.1, -0.05) is 12.1 Å². The van der Waals surface area contributed by atoms with E-state index in [0.29, 0.717) is 36.4 Å². The van der Waals surface area contributed by atoms with Crippen LogP contribution in [0.4, 0.5) is 4.39 Å². The third-order valence-corrected chi connectivity index (χ3v) is 4.70. The molecule has 1 aliphatic rings. The minimum absolute atomic E-state index is 0.0659. The zero-order valence-electron chi connectivity index (χ0n) is 15.4. The Balaban J connectivity index is 1.75. The first kappa shape index (κ1) is 19.3. The van der Waals surface area contributed by atoms with Crippen molar-refractivity contribution in [2.24, 2.45) is 0 Å². The number of amides is 1. The molecule has 0 saturated carbocycles. The molecule has 1 N–H and O–H groups in total. The number of carbonyl (C=O) groups excluding carboxylic acids is 1. The van der Waals surface area contributed by atoms with Gasteiger partial charge in [-0.25, -0.2) is 4.39 Å². The molecular formula is C21H24FNO4. The van der Waals surface area contributed by atoms with Gasteiger partial charge in [0.15, 0.2) is 0 Å². The Morgan fingerprint density at radius 2 is 2.07 bits per heavy atom. The topological polar surface area (TPSA) is 59.0 Å².